The molecule has 0 radical (unpaired) electrons. The number of fused-ring (bicyclic) bond motifs is 1. The quantitative estimate of drug-likeness (QED) is 0.0766. The van der Waals surface area contributed by atoms with Crippen LogP contribution in [0.1, 0.15) is 47.8 Å². The van der Waals surface area contributed by atoms with Gasteiger partial charge in [0.05, 0.1) is 20.3 Å². The Kier molecular flexibility index (Phi) is 10.5. The number of aromatic nitrogens is 4. The molecule has 0 spiro atoms. The molecule has 1 aliphatic heterocycles. The number of anilines is 1. The van der Waals surface area contributed by atoms with Gasteiger partial charge in [0.1, 0.15) is 29.9 Å². The zero-order valence-corrected chi connectivity index (χ0v) is 27.2. The lowest BCUT2D eigenvalue weighted by molar-refractivity contribution is -0.148. The predicted molar refractivity (Wildman–Crippen MR) is 156 cm³/mol. The standard InChI is InChI=1S/C23H37IN7O10P/c1-10(17(33)34)29-42(37,30-11(2)18(35)39-9-22(3,4)5)40-8-12-14(32)23(6,36)19(41-12)31-15-13(26-20(31)24)16(38-7)28-21(25)27-15/h10-12,14,19,32,36H,8-9H2,1-7H3,(H,33,34)(H2,25,27,28)(H2,29,30,37)/t10?,11-,12+,14+,19+,23+,42?/m0/s1. The number of rotatable bonds is 12. The number of carboxylic acid groups (broad SMARTS) is 1. The highest BCUT2D eigenvalue weighted by Gasteiger charge is 2.54. The molecule has 2 unspecified atom stereocenters. The molecule has 3 rings (SSSR count). The van der Waals surface area contributed by atoms with Crippen LogP contribution in [0.3, 0.4) is 0 Å². The number of carbonyl (C=O) groups excluding carboxylic acids is 1. The van der Waals surface area contributed by atoms with Crippen LogP contribution in [0.4, 0.5) is 5.95 Å². The summed E-state index contributed by atoms with van der Waals surface area (Å²) < 4.78 is 37.5. The molecule has 1 aliphatic rings. The van der Waals surface area contributed by atoms with E-state index in [-0.39, 0.29) is 35.0 Å². The van der Waals surface area contributed by atoms with Crippen LogP contribution in [0, 0.1) is 9.25 Å². The van der Waals surface area contributed by atoms with Gasteiger partial charge in [-0.3, -0.25) is 18.7 Å². The number of methoxy groups -OCH3 is 1. The lowest BCUT2D eigenvalue weighted by Gasteiger charge is -2.28. The third-order valence-electron chi connectivity index (χ3n) is 6.18. The van der Waals surface area contributed by atoms with Crippen molar-refractivity contribution in [3.05, 3.63) is 3.83 Å². The Labute approximate surface area is 255 Å². The van der Waals surface area contributed by atoms with E-state index in [2.05, 4.69) is 25.1 Å². The molecule has 2 aromatic rings. The highest BCUT2D eigenvalue weighted by Crippen LogP contribution is 2.44. The second-order valence-corrected chi connectivity index (χ2v) is 14.1. The third-order valence-corrected chi connectivity index (χ3v) is 8.91. The molecule has 17 nitrogen and oxygen atoms in total. The minimum Gasteiger partial charge on any atom is -0.480 e. The first kappa shape index (κ1) is 34.3. The summed E-state index contributed by atoms with van der Waals surface area (Å²) in [4.78, 5) is 36.6. The van der Waals surface area contributed by atoms with Gasteiger partial charge in [-0.05, 0) is 26.2 Å². The molecule has 0 amide bonds. The average Bonchev–Trinajstić information content (AvgIpc) is 3.31. The number of aliphatic carboxylic acids is 1. The molecule has 42 heavy (non-hydrogen) atoms. The van der Waals surface area contributed by atoms with E-state index in [4.69, 9.17) is 24.5 Å². The monoisotopic (exact) mass is 729 g/mol. The number of nitrogens with two attached hydrogens (primary N) is 1. The molecule has 0 bridgehead atoms. The van der Waals surface area contributed by atoms with Crippen molar-refractivity contribution in [1.82, 2.24) is 29.7 Å². The van der Waals surface area contributed by atoms with Gasteiger partial charge in [-0.2, -0.15) is 9.97 Å². The number of ether oxygens (including phenoxy) is 3. The van der Waals surface area contributed by atoms with Gasteiger partial charge in [0.2, 0.25) is 11.8 Å². The van der Waals surface area contributed by atoms with Crippen LogP contribution in [-0.2, 0) is 28.2 Å². The normalized spacial score (nSPS) is 25.6. The average molecular weight is 729 g/mol. The number of halogens is 1. The Morgan fingerprint density at radius 3 is 2.43 bits per heavy atom. The number of nitrogens with zero attached hydrogens (tertiary/aromatic N) is 4. The zero-order valence-electron chi connectivity index (χ0n) is 24.2. The molecule has 0 aromatic carbocycles. The van der Waals surface area contributed by atoms with E-state index in [0.29, 0.717) is 3.83 Å². The van der Waals surface area contributed by atoms with Gasteiger partial charge in [-0.25, -0.2) is 15.2 Å². The predicted octanol–water partition coefficient (Wildman–Crippen LogP) is 0.786. The number of aliphatic hydroxyl groups is 2. The number of nitrogens with one attached hydrogen (secondary N) is 2. The molecule has 3 heterocycles. The number of hydrogen-bond acceptors (Lipinski definition) is 13. The number of carbonyl (C=O) groups is 2. The lowest BCUT2D eigenvalue weighted by Crippen LogP contribution is -2.45. The molecule has 19 heteroatoms. The maximum absolute atomic E-state index is 13.7. The number of imidazole rings is 1. The maximum Gasteiger partial charge on any atom is 0.342 e. The van der Waals surface area contributed by atoms with E-state index < -0.39 is 62.3 Å². The number of aliphatic hydroxyl groups excluding tert-OH is 1. The summed E-state index contributed by atoms with van der Waals surface area (Å²) in [5, 5.41) is 36.5. The number of esters is 1. The summed E-state index contributed by atoms with van der Waals surface area (Å²) in [6.45, 7) is 9.02. The SMILES string of the molecule is COc1nc(N)nc2c1nc(I)n2[C@@H]1O[C@H](COP(=O)(NC(C)C(=O)O)N[C@@H](C)C(=O)OCC(C)(C)C)[C@@H](O)[C@@]1(C)O. The molecule has 0 saturated carbocycles. The summed E-state index contributed by atoms with van der Waals surface area (Å²) in [6.07, 6.45) is -4.14. The minimum absolute atomic E-state index is 0.0880. The minimum atomic E-state index is -4.30. The molecular formula is C23H37IN7O10P. The van der Waals surface area contributed by atoms with Gasteiger partial charge in [0.25, 0.3) is 0 Å². The van der Waals surface area contributed by atoms with Crippen LogP contribution in [0.2, 0.25) is 0 Å². The van der Waals surface area contributed by atoms with Crippen LogP contribution >= 0.6 is 30.3 Å². The number of nitrogen functional groups attached to an aromatic ring is 1. The topological polar surface area (TPSA) is 242 Å². The van der Waals surface area contributed by atoms with Crippen molar-refractivity contribution in [3.63, 3.8) is 0 Å². The van der Waals surface area contributed by atoms with Crippen molar-refractivity contribution in [2.45, 2.75) is 77.7 Å². The van der Waals surface area contributed by atoms with Crippen molar-refractivity contribution in [1.29, 1.82) is 0 Å². The largest absolute Gasteiger partial charge is 0.480 e. The maximum atomic E-state index is 13.7. The highest BCUT2D eigenvalue weighted by atomic mass is 127. The van der Waals surface area contributed by atoms with E-state index in [9.17, 15) is 29.5 Å². The fourth-order valence-corrected chi connectivity index (χ4v) is 6.50. The van der Waals surface area contributed by atoms with E-state index in [1.165, 1.54) is 32.4 Å². The van der Waals surface area contributed by atoms with Gasteiger partial charge >= 0.3 is 19.6 Å². The smallest absolute Gasteiger partial charge is 0.342 e. The van der Waals surface area contributed by atoms with Gasteiger partial charge in [-0.1, -0.05) is 20.8 Å². The van der Waals surface area contributed by atoms with Crippen molar-refractivity contribution in [3.8, 4) is 5.88 Å². The molecule has 236 valence electrons. The fraction of sp³-hybridized carbons (Fsp3) is 0.696. The molecule has 0 aliphatic carbocycles. The lowest BCUT2D eigenvalue weighted by atomic mass is 9.96. The number of hydrogen-bond donors (Lipinski definition) is 6. The Bertz CT molecular complexity index is 1370. The van der Waals surface area contributed by atoms with E-state index >= 15 is 0 Å². The van der Waals surface area contributed by atoms with Crippen LogP contribution in [0.5, 0.6) is 5.88 Å². The van der Waals surface area contributed by atoms with Crippen molar-refractivity contribution in [2.24, 2.45) is 5.41 Å². The Hall–Kier alpha value is -2.19. The van der Waals surface area contributed by atoms with Gasteiger partial charge in [0, 0.05) is 22.6 Å². The van der Waals surface area contributed by atoms with Crippen LogP contribution in [0.15, 0.2) is 0 Å². The van der Waals surface area contributed by atoms with Crippen molar-refractivity contribution in [2.75, 3.05) is 26.1 Å². The summed E-state index contributed by atoms with van der Waals surface area (Å²) in [5.41, 5.74) is 3.94. The molecule has 7 atom stereocenters. The second kappa shape index (κ2) is 12.8. The Morgan fingerprint density at radius 2 is 1.86 bits per heavy atom. The zero-order chi connectivity index (χ0) is 31.8. The molecular weight excluding hydrogens is 692 g/mol. The van der Waals surface area contributed by atoms with E-state index in [1.807, 2.05) is 43.4 Å². The summed E-state index contributed by atoms with van der Waals surface area (Å²) in [7, 11) is -2.92. The Balaban J connectivity index is 1.85. The number of carboxylic acids is 1. The molecule has 2 aromatic heterocycles. The fourth-order valence-electron chi connectivity index (χ4n) is 3.96. The first-order valence-corrected chi connectivity index (χ1v) is 15.5. The first-order valence-electron chi connectivity index (χ1n) is 12.8. The van der Waals surface area contributed by atoms with Crippen LogP contribution < -0.4 is 20.6 Å². The van der Waals surface area contributed by atoms with Crippen molar-refractivity contribution >= 4 is 59.3 Å². The summed E-state index contributed by atoms with van der Waals surface area (Å²) >= 11 is 1.88. The molecule has 7 N–H and O–H groups in total. The van der Waals surface area contributed by atoms with Gasteiger partial charge in [0.15, 0.2) is 21.2 Å². The summed E-state index contributed by atoms with van der Waals surface area (Å²) in [6, 6.07) is -2.53. The highest BCUT2D eigenvalue weighted by molar-refractivity contribution is 14.1. The van der Waals surface area contributed by atoms with Gasteiger partial charge in [-0.15, -0.1) is 0 Å². The van der Waals surface area contributed by atoms with E-state index in [0.717, 1.165) is 0 Å². The van der Waals surface area contributed by atoms with Crippen molar-refractivity contribution < 1.29 is 48.2 Å². The van der Waals surface area contributed by atoms with Crippen LogP contribution in [-0.4, -0.2) is 97.0 Å². The second-order valence-electron chi connectivity index (χ2n) is 11.3. The van der Waals surface area contributed by atoms with Crippen LogP contribution in [0.25, 0.3) is 11.2 Å². The molecule has 1 saturated heterocycles. The third kappa shape index (κ3) is 7.65. The Morgan fingerprint density at radius 1 is 1.24 bits per heavy atom. The summed E-state index contributed by atoms with van der Waals surface area (Å²) in [5.74, 6) is -2.11. The van der Waals surface area contributed by atoms with E-state index in [1.54, 1.807) is 0 Å². The molecule has 1 fully saturated rings. The first-order chi connectivity index (χ1) is 19.3. The van der Waals surface area contributed by atoms with Gasteiger partial charge < -0.3 is 39.8 Å².